The van der Waals surface area contributed by atoms with Gasteiger partial charge in [0.15, 0.2) is 0 Å². The van der Waals surface area contributed by atoms with Crippen molar-refractivity contribution in [3.63, 3.8) is 0 Å². The van der Waals surface area contributed by atoms with Gasteiger partial charge in [-0.3, -0.25) is 4.79 Å². The maximum atomic E-state index is 13.3. The summed E-state index contributed by atoms with van der Waals surface area (Å²) in [6.45, 7) is 7.92. The summed E-state index contributed by atoms with van der Waals surface area (Å²) >= 11 is 0. The molecule has 4 heteroatoms. The highest BCUT2D eigenvalue weighted by Crippen LogP contribution is 2.22. The van der Waals surface area contributed by atoms with Crippen molar-refractivity contribution in [2.45, 2.75) is 39.8 Å². The second-order valence-corrected chi connectivity index (χ2v) is 5.29. The van der Waals surface area contributed by atoms with Crippen molar-refractivity contribution >= 4 is 16.8 Å². The van der Waals surface area contributed by atoms with E-state index in [1.807, 2.05) is 27.7 Å². The van der Waals surface area contributed by atoms with Crippen LogP contribution in [-0.4, -0.2) is 27.9 Å². The number of carbonyl (C=O) groups is 1. The third-order valence-electron chi connectivity index (χ3n) is 3.22. The van der Waals surface area contributed by atoms with E-state index in [-0.39, 0.29) is 23.8 Å². The van der Waals surface area contributed by atoms with Crippen molar-refractivity contribution in [1.29, 1.82) is 0 Å². The van der Waals surface area contributed by atoms with Crippen LogP contribution in [0.15, 0.2) is 24.4 Å². The highest BCUT2D eigenvalue weighted by molar-refractivity contribution is 6.06. The molecule has 2 rings (SSSR count). The molecule has 1 aromatic heterocycles. The van der Waals surface area contributed by atoms with E-state index in [0.29, 0.717) is 10.9 Å². The Kier molecular flexibility index (Phi) is 3.60. The first-order chi connectivity index (χ1) is 8.91. The van der Waals surface area contributed by atoms with Gasteiger partial charge >= 0.3 is 0 Å². The number of halogens is 1. The number of nitrogens with one attached hydrogen (secondary N) is 1. The molecule has 0 saturated carbocycles. The lowest BCUT2D eigenvalue weighted by Gasteiger charge is -2.30. The summed E-state index contributed by atoms with van der Waals surface area (Å²) in [5, 5.41) is 0.635. The van der Waals surface area contributed by atoms with Crippen molar-refractivity contribution in [2.75, 3.05) is 0 Å². The second-order valence-electron chi connectivity index (χ2n) is 5.29. The molecule has 0 aliphatic rings. The molecule has 1 N–H and O–H groups in total. The largest absolute Gasteiger partial charge is 0.360 e. The first-order valence-corrected chi connectivity index (χ1v) is 6.51. The quantitative estimate of drug-likeness (QED) is 0.902. The van der Waals surface area contributed by atoms with Gasteiger partial charge in [0.25, 0.3) is 5.91 Å². The fraction of sp³-hybridized carbons (Fsp3) is 0.400. The Balaban J connectivity index is 2.49. The zero-order valence-electron chi connectivity index (χ0n) is 11.7. The van der Waals surface area contributed by atoms with Gasteiger partial charge in [-0.15, -0.1) is 0 Å². The van der Waals surface area contributed by atoms with Crippen LogP contribution in [-0.2, 0) is 0 Å². The predicted molar refractivity (Wildman–Crippen MR) is 74.7 cm³/mol. The lowest BCUT2D eigenvalue weighted by atomic mass is 10.1. The van der Waals surface area contributed by atoms with Gasteiger partial charge in [-0.25, -0.2) is 4.39 Å². The Bertz CT molecular complexity index is 593. The number of aromatic nitrogens is 1. The van der Waals surface area contributed by atoms with E-state index in [4.69, 9.17) is 0 Å². The van der Waals surface area contributed by atoms with Gasteiger partial charge in [0.1, 0.15) is 5.82 Å². The molecule has 0 saturated heterocycles. The molecular formula is C15H19FN2O. The van der Waals surface area contributed by atoms with Crippen LogP contribution in [0, 0.1) is 5.82 Å². The number of rotatable bonds is 3. The molecule has 19 heavy (non-hydrogen) atoms. The summed E-state index contributed by atoms with van der Waals surface area (Å²) in [6, 6.07) is 4.64. The van der Waals surface area contributed by atoms with E-state index < -0.39 is 0 Å². The van der Waals surface area contributed by atoms with Crippen molar-refractivity contribution in [3.8, 4) is 0 Å². The number of hydrogen-bond donors (Lipinski definition) is 1. The average molecular weight is 262 g/mol. The standard InChI is InChI=1S/C15H19FN2O/c1-9(2)18(10(3)4)15(19)13-8-17-14-6-5-11(16)7-12(13)14/h5-10,17H,1-4H3. The third-order valence-corrected chi connectivity index (χ3v) is 3.22. The van der Waals surface area contributed by atoms with Gasteiger partial charge in [0.05, 0.1) is 5.56 Å². The van der Waals surface area contributed by atoms with Gasteiger partial charge < -0.3 is 9.88 Å². The van der Waals surface area contributed by atoms with Gasteiger partial charge in [0.2, 0.25) is 0 Å². The number of aromatic amines is 1. The Morgan fingerprint density at radius 1 is 1.21 bits per heavy atom. The summed E-state index contributed by atoms with van der Waals surface area (Å²) in [4.78, 5) is 17.4. The number of nitrogens with zero attached hydrogens (tertiary/aromatic N) is 1. The molecule has 0 fully saturated rings. The molecule has 3 nitrogen and oxygen atoms in total. The molecule has 1 heterocycles. The molecule has 0 radical (unpaired) electrons. The van der Waals surface area contributed by atoms with Gasteiger partial charge in [-0.2, -0.15) is 0 Å². The third kappa shape index (κ3) is 2.48. The molecule has 0 aliphatic heterocycles. The zero-order chi connectivity index (χ0) is 14.2. The highest BCUT2D eigenvalue weighted by atomic mass is 19.1. The Hall–Kier alpha value is -1.84. The van der Waals surface area contributed by atoms with Crippen LogP contribution in [0.25, 0.3) is 10.9 Å². The van der Waals surface area contributed by atoms with Crippen LogP contribution in [0.4, 0.5) is 4.39 Å². The van der Waals surface area contributed by atoms with Crippen molar-refractivity contribution in [2.24, 2.45) is 0 Å². The van der Waals surface area contributed by atoms with Gasteiger partial charge in [-0.05, 0) is 45.9 Å². The molecule has 0 aliphatic carbocycles. The normalized spacial score (nSPS) is 11.5. The van der Waals surface area contributed by atoms with Crippen molar-refractivity contribution < 1.29 is 9.18 Å². The van der Waals surface area contributed by atoms with Gasteiger partial charge in [-0.1, -0.05) is 0 Å². The number of amides is 1. The van der Waals surface area contributed by atoms with E-state index in [1.165, 1.54) is 12.1 Å². The summed E-state index contributed by atoms with van der Waals surface area (Å²) in [5.41, 5.74) is 1.30. The van der Waals surface area contributed by atoms with E-state index in [1.54, 1.807) is 17.2 Å². The molecule has 0 bridgehead atoms. The minimum Gasteiger partial charge on any atom is -0.360 e. The number of H-pyrrole nitrogens is 1. The highest BCUT2D eigenvalue weighted by Gasteiger charge is 2.23. The maximum absolute atomic E-state index is 13.3. The Labute approximate surface area is 112 Å². The SMILES string of the molecule is CC(C)N(C(=O)c1c[nH]c2ccc(F)cc12)C(C)C. The van der Waals surface area contributed by atoms with Crippen molar-refractivity contribution in [3.05, 3.63) is 35.8 Å². The van der Waals surface area contributed by atoms with Crippen LogP contribution >= 0.6 is 0 Å². The molecule has 1 amide bonds. The molecule has 0 unspecified atom stereocenters. The first kappa shape index (κ1) is 13.6. The Morgan fingerprint density at radius 3 is 2.42 bits per heavy atom. The monoisotopic (exact) mass is 262 g/mol. The number of benzene rings is 1. The van der Waals surface area contributed by atoms with Crippen LogP contribution in [0.1, 0.15) is 38.1 Å². The van der Waals surface area contributed by atoms with Crippen LogP contribution in [0.5, 0.6) is 0 Å². The van der Waals surface area contributed by atoms with E-state index >= 15 is 0 Å². The van der Waals surface area contributed by atoms with Crippen LogP contribution in [0.2, 0.25) is 0 Å². The fourth-order valence-electron chi connectivity index (χ4n) is 2.47. The molecule has 102 valence electrons. The van der Waals surface area contributed by atoms with Crippen LogP contribution in [0.3, 0.4) is 0 Å². The molecule has 2 aromatic rings. The van der Waals surface area contributed by atoms with Crippen molar-refractivity contribution in [1.82, 2.24) is 9.88 Å². The van der Waals surface area contributed by atoms with Gasteiger partial charge in [0, 0.05) is 29.2 Å². The smallest absolute Gasteiger partial charge is 0.256 e. The number of hydrogen-bond acceptors (Lipinski definition) is 1. The molecule has 0 atom stereocenters. The zero-order valence-corrected chi connectivity index (χ0v) is 11.7. The van der Waals surface area contributed by atoms with E-state index in [9.17, 15) is 9.18 Å². The summed E-state index contributed by atoms with van der Waals surface area (Å²) in [7, 11) is 0. The lowest BCUT2D eigenvalue weighted by Crippen LogP contribution is -2.41. The summed E-state index contributed by atoms with van der Waals surface area (Å²) in [6.07, 6.45) is 1.66. The second kappa shape index (κ2) is 5.03. The lowest BCUT2D eigenvalue weighted by molar-refractivity contribution is 0.0646. The summed E-state index contributed by atoms with van der Waals surface area (Å²) < 4.78 is 13.3. The average Bonchev–Trinajstić information content (AvgIpc) is 2.70. The van der Waals surface area contributed by atoms with E-state index in [2.05, 4.69) is 4.98 Å². The Morgan fingerprint density at radius 2 is 1.84 bits per heavy atom. The van der Waals surface area contributed by atoms with Crippen LogP contribution < -0.4 is 0 Å². The topological polar surface area (TPSA) is 36.1 Å². The molecular weight excluding hydrogens is 243 g/mol. The number of carbonyl (C=O) groups excluding carboxylic acids is 1. The molecule has 1 aromatic carbocycles. The summed E-state index contributed by atoms with van der Waals surface area (Å²) in [5.74, 6) is -0.399. The first-order valence-electron chi connectivity index (χ1n) is 6.51. The minimum absolute atomic E-state index is 0.0677. The molecule has 0 spiro atoms. The maximum Gasteiger partial charge on any atom is 0.256 e. The fourth-order valence-corrected chi connectivity index (χ4v) is 2.47. The minimum atomic E-state index is -0.332. The number of fused-ring (bicyclic) bond motifs is 1. The predicted octanol–water partition coefficient (Wildman–Crippen LogP) is 3.57. The van der Waals surface area contributed by atoms with E-state index in [0.717, 1.165) is 5.52 Å².